The fourth-order valence-electron chi connectivity index (χ4n) is 3.02. The number of benzene rings is 2. The summed E-state index contributed by atoms with van der Waals surface area (Å²) in [5.74, 6) is -1.96. The van der Waals surface area contributed by atoms with Crippen LogP contribution in [0, 0.1) is 24.0 Å². The maximum absolute atomic E-state index is 12.0. The van der Waals surface area contributed by atoms with Crippen LogP contribution < -0.4 is 10.7 Å². The van der Waals surface area contributed by atoms with Crippen LogP contribution in [0.4, 0.5) is 11.4 Å². The Morgan fingerprint density at radius 3 is 2.44 bits per heavy atom. The molecule has 3 rings (SSSR count). The number of nitrogens with zero attached hydrogens (tertiary/aromatic N) is 3. The van der Waals surface area contributed by atoms with Gasteiger partial charge in [0.15, 0.2) is 0 Å². The van der Waals surface area contributed by atoms with E-state index in [0.29, 0.717) is 21.3 Å². The van der Waals surface area contributed by atoms with Crippen molar-refractivity contribution in [2.24, 2.45) is 5.10 Å². The molecule has 1 aromatic heterocycles. The number of non-ortho nitro benzene ring substituents is 1. The van der Waals surface area contributed by atoms with Crippen molar-refractivity contribution in [1.82, 2.24) is 9.99 Å². The third-order valence-electron chi connectivity index (χ3n) is 4.55. The first kappa shape index (κ1) is 23.0. The minimum Gasteiger partial charge on any atom is -0.318 e. The van der Waals surface area contributed by atoms with E-state index in [1.54, 1.807) is 12.1 Å². The van der Waals surface area contributed by atoms with Gasteiger partial charge in [-0.15, -0.1) is 0 Å². The number of nitrogens with one attached hydrogen (secondary N) is 2. The third-order valence-corrected chi connectivity index (χ3v) is 5.36. The van der Waals surface area contributed by atoms with Crippen molar-refractivity contribution >= 4 is 52.6 Å². The van der Waals surface area contributed by atoms with E-state index in [0.717, 1.165) is 11.4 Å². The van der Waals surface area contributed by atoms with Gasteiger partial charge in [0.25, 0.3) is 5.69 Å². The van der Waals surface area contributed by atoms with Crippen molar-refractivity contribution in [2.45, 2.75) is 13.8 Å². The maximum Gasteiger partial charge on any atom is 0.329 e. The normalized spacial score (nSPS) is 10.9. The molecular formula is C21H17Cl2N5O4. The lowest BCUT2D eigenvalue weighted by Crippen LogP contribution is -2.32. The van der Waals surface area contributed by atoms with E-state index < -0.39 is 16.7 Å². The fraction of sp³-hybridized carbons (Fsp3) is 0.0952. The highest BCUT2D eigenvalue weighted by molar-refractivity contribution is 6.43. The molecular weight excluding hydrogens is 457 g/mol. The smallest absolute Gasteiger partial charge is 0.318 e. The number of anilines is 1. The molecule has 164 valence electrons. The van der Waals surface area contributed by atoms with Crippen LogP contribution in [0.2, 0.25) is 10.0 Å². The van der Waals surface area contributed by atoms with E-state index in [2.05, 4.69) is 15.8 Å². The van der Waals surface area contributed by atoms with Crippen molar-refractivity contribution in [1.29, 1.82) is 0 Å². The van der Waals surface area contributed by atoms with Gasteiger partial charge in [-0.3, -0.25) is 19.7 Å². The largest absolute Gasteiger partial charge is 0.329 e. The number of carbonyl (C=O) groups is 2. The summed E-state index contributed by atoms with van der Waals surface area (Å²) in [4.78, 5) is 34.1. The zero-order valence-electron chi connectivity index (χ0n) is 16.9. The number of hydrazone groups is 1. The first-order valence-electron chi connectivity index (χ1n) is 9.21. The van der Waals surface area contributed by atoms with E-state index in [4.69, 9.17) is 23.2 Å². The molecule has 0 saturated heterocycles. The Morgan fingerprint density at radius 1 is 1.09 bits per heavy atom. The summed E-state index contributed by atoms with van der Waals surface area (Å²) in [6.07, 6.45) is 1.41. The van der Waals surface area contributed by atoms with Gasteiger partial charge >= 0.3 is 11.8 Å². The van der Waals surface area contributed by atoms with Gasteiger partial charge in [0.2, 0.25) is 0 Å². The number of carbonyl (C=O) groups excluding carboxylic acids is 2. The number of aryl methyl sites for hydroxylation is 1. The van der Waals surface area contributed by atoms with Gasteiger partial charge in [0.05, 0.1) is 26.9 Å². The Bertz CT molecular complexity index is 1240. The molecule has 0 aliphatic heterocycles. The van der Waals surface area contributed by atoms with Gasteiger partial charge < -0.3 is 9.88 Å². The molecule has 0 saturated carbocycles. The lowest BCUT2D eigenvalue weighted by atomic mass is 10.2. The molecule has 2 amide bonds. The first-order chi connectivity index (χ1) is 15.2. The lowest BCUT2D eigenvalue weighted by molar-refractivity contribution is -0.384. The Balaban J connectivity index is 1.68. The SMILES string of the molecule is Cc1cc(/C=N\NC(=O)C(=O)Nc2ccc([N+](=O)[O-])cc2)c(C)n1-c1cccc(Cl)c1Cl. The Kier molecular flexibility index (Phi) is 6.92. The number of aromatic nitrogens is 1. The van der Waals surface area contributed by atoms with E-state index in [-0.39, 0.29) is 11.4 Å². The van der Waals surface area contributed by atoms with Crippen LogP contribution in [0.3, 0.4) is 0 Å². The Morgan fingerprint density at radius 2 is 1.78 bits per heavy atom. The average molecular weight is 474 g/mol. The van der Waals surface area contributed by atoms with E-state index in [1.807, 2.05) is 30.5 Å². The van der Waals surface area contributed by atoms with Gasteiger partial charge in [-0.05, 0) is 44.2 Å². The van der Waals surface area contributed by atoms with Gasteiger partial charge in [-0.1, -0.05) is 29.3 Å². The summed E-state index contributed by atoms with van der Waals surface area (Å²) in [6, 6.07) is 12.2. The number of amides is 2. The van der Waals surface area contributed by atoms with Gasteiger partial charge in [0, 0.05) is 34.8 Å². The number of hydrogen-bond donors (Lipinski definition) is 2. The van der Waals surface area contributed by atoms with E-state index in [1.165, 1.54) is 30.5 Å². The summed E-state index contributed by atoms with van der Waals surface area (Å²) in [5, 5.41) is 17.7. The van der Waals surface area contributed by atoms with Crippen LogP contribution in [-0.2, 0) is 9.59 Å². The minimum atomic E-state index is -0.994. The monoisotopic (exact) mass is 473 g/mol. The van der Waals surface area contributed by atoms with E-state index in [9.17, 15) is 19.7 Å². The average Bonchev–Trinajstić information content (AvgIpc) is 3.03. The van der Waals surface area contributed by atoms with Crippen LogP contribution in [0.15, 0.2) is 53.6 Å². The quantitative estimate of drug-likeness (QED) is 0.247. The van der Waals surface area contributed by atoms with Crippen LogP contribution in [-0.4, -0.2) is 27.5 Å². The van der Waals surface area contributed by atoms with Crippen LogP contribution >= 0.6 is 23.2 Å². The molecule has 0 unspecified atom stereocenters. The summed E-state index contributed by atoms with van der Waals surface area (Å²) in [6.45, 7) is 3.74. The second-order valence-electron chi connectivity index (χ2n) is 6.69. The Hall–Kier alpha value is -3.69. The summed E-state index contributed by atoms with van der Waals surface area (Å²) < 4.78 is 1.90. The maximum atomic E-state index is 12.0. The molecule has 0 radical (unpaired) electrons. The van der Waals surface area contributed by atoms with Crippen molar-refractivity contribution < 1.29 is 14.5 Å². The first-order valence-corrected chi connectivity index (χ1v) is 9.96. The molecule has 11 heteroatoms. The fourth-order valence-corrected chi connectivity index (χ4v) is 3.40. The molecule has 2 aromatic carbocycles. The standard InChI is InChI=1S/C21H17Cl2N5O4/c1-12-10-14(13(2)27(12)18-5-3-4-17(22)19(18)23)11-24-26-21(30)20(29)25-15-6-8-16(9-7-15)28(31)32/h3-11H,1-2H3,(H,25,29)(H,26,30)/b24-11-. The summed E-state index contributed by atoms with van der Waals surface area (Å²) in [7, 11) is 0. The molecule has 32 heavy (non-hydrogen) atoms. The number of nitro groups is 1. The zero-order chi connectivity index (χ0) is 23.4. The predicted octanol–water partition coefficient (Wildman–Crippen LogP) is 4.40. The third kappa shape index (κ3) is 4.96. The number of rotatable bonds is 5. The molecule has 0 atom stereocenters. The molecule has 0 fully saturated rings. The summed E-state index contributed by atoms with van der Waals surface area (Å²) in [5.41, 5.74) is 5.35. The predicted molar refractivity (Wildman–Crippen MR) is 123 cm³/mol. The number of nitro benzene ring substituents is 1. The molecule has 3 aromatic rings. The molecule has 0 aliphatic rings. The highest BCUT2D eigenvalue weighted by Gasteiger charge is 2.15. The summed E-state index contributed by atoms with van der Waals surface area (Å²) >= 11 is 12.4. The number of halogens is 2. The van der Waals surface area contributed by atoms with E-state index >= 15 is 0 Å². The second-order valence-corrected chi connectivity index (χ2v) is 7.48. The minimum absolute atomic E-state index is 0.131. The van der Waals surface area contributed by atoms with Crippen LogP contribution in [0.5, 0.6) is 0 Å². The zero-order valence-corrected chi connectivity index (χ0v) is 18.4. The highest BCUT2D eigenvalue weighted by atomic mass is 35.5. The topological polar surface area (TPSA) is 119 Å². The van der Waals surface area contributed by atoms with Crippen LogP contribution in [0.25, 0.3) is 5.69 Å². The highest BCUT2D eigenvalue weighted by Crippen LogP contribution is 2.31. The molecule has 1 heterocycles. The lowest BCUT2D eigenvalue weighted by Gasteiger charge is -2.12. The van der Waals surface area contributed by atoms with Gasteiger partial charge in [0.1, 0.15) is 0 Å². The van der Waals surface area contributed by atoms with Crippen LogP contribution in [0.1, 0.15) is 17.0 Å². The van der Waals surface area contributed by atoms with Gasteiger partial charge in [-0.25, -0.2) is 5.43 Å². The van der Waals surface area contributed by atoms with Crippen molar-refractivity contribution in [3.8, 4) is 5.69 Å². The Labute approximate surface area is 192 Å². The molecule has 9 nitrogen and oxygen atoms in total. The van der Waals surface area contributed by atoms with Gasteiger partial charge in [-0.2, -0.15) is 5.10 Å². The van der Waals surface area contributed by atoms with Crippen molar-refractivity contribution in [2.75, 3.05) is 5.32 Å². The molecule has 0 spiro atoms. The van der Waals surface area contributed by atoms with Crippen molar-refractivity contribution in [3.63, 3.8) is 0 Å². The second kappa shape index (κ2) is 9.63. The molecule has 0 aliphatic carbocycles. The number of hydrogen-bond acceptors (Lipinski definition) is 5. The molecule has 0 bridgehead atoms. The van der Waals surface area contributed by atoms with Crippen molar-refractivity contribution in [3.05, 3.63) is 85.6 Å². The molecule has 2 N–H and O–H groups in total.